The van der Waals surface area contributed by atoms with Crippen molar-refractivity contribution in [2.24, 2.45) is 0 Å². The monoisotopic (exact) mass is 388 g/mol. The fourth-order valence-electron chi connectivity index (χ4n) is 2.64. The van der Waals surface area contributed by atoms with E-state index in [0.717, 1.165) is 4.88 Å². The van der Waals surface area contributed by atoms with Gasteiger partial charge in [-0.25, -0.2) is 0 Å². The predicted octanol–water partition coefficient (Wildman–Crippen LogP) is 2.11. The van der Waals surface area contributed by atoms with Gasteiger partial charge in [-0.05, 0) is 30.5 Å². The number of amides is 2. The number of para-hydroxylation sites is 2. The highest BCUT2D eigenvalue weighted by Crippen LogP contribution is 2.30. The maximum Gasteiger partial charge on any atom is 0.326 e. The molecule has 0 bridgehead atoms. The molecule has 1 aliphatic rings. The Bertz CT molecular complexity index is 821. The number of nitrogens with zero attached hydrogens (tertiary/aromatic N) is 1. The van der Waals surface area contributed by atoms with Crippen LogP contribution in [0.15, 0.2) is 41.8 Å². The van der Waals surface area contributed by atoms with Gasteiger partial charge in [0, 0.05) is 4.88 Å². The van der Waals surface area contributed by atoms with Gasteiger partial charge in [0.2, 0.25) is 5.91 Å². The smallest absolute Gasteiger partial charge is 0.326 e. The van der Waals surface area contributed by atoms with Crippen molar-refractivity contribution in [2.75, 3.05) is 18.1 Å². The lowest BCUT2D eigenvalue weighted by molar-refractivity contribution is -0.153. The fraction of sp³-hybridized carbons (Fsp3) is 0.316. The number of carbonyl (C=O) groups excluding carboxylic acids is 3. The lowest BCUT2D eigenvalue weighted by atomic mass is 10.2. The summed E-state index contributed by atoms with van der Waals surface area (Å²) in [6, 6.07) is 10.8. The molecule has 1 aromatic carbocycles. The van der Waals surface area contributed by atoms with Gasteiger partial charge in [-0.1, -0.05) is 18.2 Å². The minimum absolute atomic E-state index is 0.165. The van der Waals surface area contributed by atoms with Gasteiger partial charge in [0.1, 0.15) is 12.3 Å². The summed E-state index contributed by atoms with van der Waals surface area (Å²) in [5, 5.41) is 4.64. The van der Waals surface area contributed by atoms with Gasteiger partial charge in [-0.3, -0.25) is 19.3 Å². The van der Waals surface area contributed by atoms with E-state index in [2.05, 4.69) is 5.32 Å². The number of ether oxygens (including phenoxy) is 2. The highest BCUT2D eigenvalue weighted by atomic mass is 32.1. The number of thiophene rings is 1. The molecule has 7 nitrogen and oxygen atoms in total. The lowest BCUT2D eigenvalue weighted by Crippen LogP contribution is -2.40. The molecule has 1 aliphatic heterocycles. The largest absolute Gasteiger partial charge is 0.491 e. The summed E-state index contributed by atoms with van der Waals surface area (Å²) in [5.41, 5.74) is 0.520. The molecule has 0 radical (unpaired) electrons. The number of anilines is 1. The number of fused-ring (bicyclic) bond motifs is 1. The number of esters is 1. The van der Waals surface area contributed by atoms with Crippen molar-refractivity contribution >= 4 is 34.8 Å². The molecule has 1 atom stereocenters. The third-order valence-electron chi connectivity index (χ3n) is 4.01. The molecule has 2 aromatic rings. The molecule has 2 heterocycles. The molecule has 2 amide bonds. The van der Waals surface area contributed by atoms with Crippen LogP contribution in [0.1, 0.15) is 18.2 Å². The van der Waals surface area contributed by atoms with E-state index in [4.69, 9.17) is 9.47 Å². The standard InChI is InChI=1S/C19H20N2O5S/c1-13(19(24)20-11-14-5-4-10-27-14)26-18(23)12-21-15-6-2-3-7-16(15)25-9-8-17(21)22/h2-7,10,13H,8-9,11-12H2,1H3,(H,20,24)/t13-/m0/s1. The van der Waals surface area contributed by atoms with Crippen LogP contribution >= 0.6 is 11.3 Å². The molecule has 1 N–H and O–H groups in total. The van der Waals surface area contributed by atoms with Crippen molar-refractivity contribution in [3.05, 3.63) is 46.7 Å². The predicted molar refractivity (Wildman–Crippen MR) is 101 cm³/mol. The number of nitrogens with one attached hydrogen (secondary N) is 1. The Morgan fingerprint density at radius 2 is 2.11 bits per heavy atom. The average molecular weight is 388 g/mol. The summed E-state index contributed by atoms with van der Waals surface area (Å²) in [6.45, 7) is 1.86. The van der Waals surface area contributed by atoms with Gasteiger partial charge in [0.25, 0.3) is 5.91 Å². The van der Waals surface area contributed by atoms with Crippen molar-refractivity contribution in [2.45, 2.75) is 26.0 Å². The van der Waals surface area contributed by atoms with E-state index in [9.17, 15) is 14.4 Å². The second-order valence-corrected chi connectivity index (χ2v) is 7.01. The maximum absolute atomic E-state index is 12.3. The summed E-state index contributed by atoms with van der Waals surface area (Å²) < 4.78 is 10.7. The highest BCUT2D eigenvalue weighted by molar-refractivity contribution is 7.09. The first-order chi connectivity index (χ1) is 13.0. The van der Waals surface area contributed by atoms with Gasteiger partial charge in [0.05, 0.1) is 25.3 Å². The normalized spacial score (nSPS) is 14.6. The first kappa shape index (κ1) is 18.9. The molecule has 3 rings (SSSR count). The summed E-state index contributed by atoms with van der Waals surface area (Å²) >= 11 is 1.53. The summed E-state index contributed by atoms with van der Waals surface area (Å²) in [4.78, 5) is 39.1. The zero-order valence-electron chi connectivity index (χ0n) is 14.8. The molecule has 0 aliphatic carbocycles. The van der Waals surface area contributed by atoms with Crippen molar-refractivity contribution in [1.29, 1.82) is 0 Å². The summed E-state index contributed by atoms with van der Waals surface area (Å²) in [5.74, 6) is -0.730. The summed E-state index contributed by atoms with van der Waals surface area (Å²) in [7, 11) is 0. The van der Waals surface area contributed by atoms with Crippen LogP contribution in [0.25, 0.3) is 0 Å². The molecule has 1 aromatic heterocycles. The molecular formula is C19H20N2O5S. The van der Waals surface area contributed by atoms with Crippen LogP contribution < -0.4 is 15.0 Å². The third-order valence-corrected chi connectivity index (χ3v) is 4.89. The van der Waals surface area contributed by atoms with E-state index in [1.807, 2.05) is 17.5 Å². The highest BCUT2D eigenvalue weighted by Gasteiger charge is 2.27. The number of carbonyl (C=O) groups is 3. The Hall–Kier alpha value is -2.87. The second kappa shape index (κ2) is 8.68. The van der Waals surface area contributed by atoms with E-state index in [-0.39, 0.29) is 31.4 Å². The molecule has 0 saturated heterocycles. The second-order valence-electron chi connectivity index (χ2n) is 5.98. The molecule has 27 heavy (non-hydrogen) atoms. The van der Waals surface area contributed by atoms with E-state index in [0.29, 0.717) is 18.0 Å². The Balaban J connectivity index is 1.57. The van der Waals surface area contributed by atoms with Gasteiger partial charge >= 0.3 is 5.97 Å². The first-order valence-corrected chi connectivity index (χ1v) is 9.44. The van der Waals surface area contributed by atoms with E-state index < -0.39 is 12.1 Å². The molecule has 0 saturated carbocycles. The van der Waals surface area contributed by atoms with Crippen LogP contribution in [0.2, 0.25) is 0 Å². The average Bonchev–Trinajstić information content (AvgIpc) is 3.13. The van der Waals surface area contributed by atoms with Crippen LogP contribution in [0.3, 0.4) is 0 Å². The van der Waals surface area contributed by atoms with E-state index in [1.54, 1.807) is 24.3 Å². The number of benzene rings is 1. The molecule has 142 valence electrons. The zero-order valence-corrected chi connectivity index (χ0v) is 15.7. The van der Waals surface area contributed by atoms with E-state index >= 15 is 0 Å². The molecular weight excluding hydrogens is 368 g/mol. The third kappa shape index (κ3) is 4.85. The fourth-order valence-corrected chi connectivity index (χ4v) is 3.29. The Morgan fingerprint density at radius 1 is 1.30 bits per heavy atom. The lowest BCUT2D eigenvalue weighted by Gasteiger charge is -2.22. The maximum atomic E-state index is 12.3. The van der Waals surface area contributed by atoms with Crippen LogP contribution in [0.4, 0.5) is 5.69 Å². The Labute approximate surface area is 160 Å². The molecule has 0 spiro atoms. The summed E-state index contributed by atoms with van der Waals surface area (Å²) in [6.07, 6.45) is -0.787. The van der Waals surface area contributed by atoms with Crippen LogP contribution in [-0.2, 0) is 25.7 Å². The molecule has 0 unspecified atom stereocenters. The Kier molecular flexibility index (Phi) is 6.08. The van der Waals surface area contributed by atoms with Gasteiger partial charge in [-0.2, -0.15) is 0 Å². The minimum atomic E-state index is -0.953. The quantitative estimate of drug-likeness (QED) is 0.766. The van der Waals surface area contributed by atoms with Crippen LogP contribution in [0, 0.1) is 0 Å². The zero-order chi connectivity index (χ0) is 19.2. The molecule has 8 heteroatoms. The number of hydrogen-bond acceptors (Lipinski definition) is 6. The van der Waals surface area contributed by atoms with Crippen molar-refractivity contribution < 1.29 is 23.9 Å². The van der Waals surface area contributed by atoms with Crippen molar-refractivity contribution in [3.8, 4) is 5.75 Å². The Morgan fingerprint density at radius 3 is 2.89 bits per heavy atom. The van der Waals surface area contributed by atoms with Crippen LogP contribution in [0.5, 0.6) is 5.75 Å². The van der Waals surface area contributed by atoms with Crippen LogP contribution in [-0.4, -0.2) is 37.0 Å². The topological polar surface area (TPSA) is 84.9 Å². The van der Waals surface area contributed by atoms with Gasteiger partial charge < -0.3 is 14.8 Å². The van der Waals surface area contributed by atoms with E-state index in [1.165, 1.54) is 23.2 Å². The van der Waals surface area contributed by atoms with Crippen molar-refractivity contribution in [3.63, 3.8) is 0 Å². The first-order valence-electron chi connectivity index (χ1n) is 8.56. The van der Waals surface area contributed by atoms with Gasteiger partial charge in [0.15, 0.2) is 6.10 Å². The number of rotatable bonds is 6. The number of hydrogen-bond donors (Lipinski definition) is 1. The SMILES string of the molecule is C[C@H](OC(=O)CN1C(=O)CCOc2ccccc21)C(=O)NCc1cccs1. The molecule has 0 fully saturated rings. The van der Waals surface area contributed by atoms with Crippen molar-refractivity contribution in [1.82, 2.24) is 5.32 Å². The minimum Gasteiger partial charge on any atom is -0.491 e. The van der Waals surface area contributed by atoms with Gasteiger partial charge in [-0.15, -0.1) is 11.3 Å².